The van der Waals surface area contributed by atoms with Crippen molar-refractivity contribution < 1.29 is 0 Å². The molecule has 210 valence electrons. The fourth-order valence-electron chi connectivity index (χ4n) is 6.89. The molecule has 2 N–H and O–H groups in total. The van der Waals surface area contributed by atoms with Gasteiger partial charge in [-0.05, 0) is 35.9 Å². The van der Waals surface area contributed by atoms with Crippen LogP contribution >= 0.6 is 0 Å². The third-order valence-corrected chi connectivity index (χ3v) is 8.79. The summed E-state index contributed by atoms with van der Waals surface area (Å²) in [6.45, 7) is 0. The number of para-hydroxylation sites is 3. The van der Waals surface area contributed by atoms with Crippen LogP contribution in [0.5, 0.6) is 0 Å². The van der Waals surface area contributed by atoms with Crippen LogP contribution < -0.4 is 10.6 Å². The summed E-state index contributed by atoms with van der Waals surface area (Å²) in [4.78, 5) is 5.37. The molecule has 8 aromatic rings. The normalized spacial score (nSPS) is 16.9. The molecule has 5 heteroatoms. The molecular formula is C39H29N5. The van der Waals surface area contributed by atoms with E-state index in [0.29, 0.717) is 0 Å². The van der Waals surface area contributed by atoms with Gasteiger partial charge in [-0.3, -0.25) is 5.32 Å². The number of fused-ring (bicyclic) bond motifs is 7. The Balaban J connectivity index is 1.38. The third-order valence-electron chi connectivity index (χ3n) is 8.79. The van der Waals surface area contributed by atoms with Crippen molar-refractivity contribution in [2.24, 2.45) is 4.99 Å². The number of amidine groups is 1. The Labute approximate surface area is 254 Å². The highest BCUT2D eigenvalue weighted by Crippen LogP contribution is 2.42. The molecule has 0 saturated heterocycles. The van der Waals surface area contributed by atoms with E-state index in [2.05, 4.69) is 165 Å². The molecule has 1 aliphatic heterocycles. The largest absolute Gasteiger partial charge is 0.350 e. The van der Waals surface area contributed by atoms with E-state index < -0.39 is 0 Å². The zero-order valence-corrected chi connectivity index (χ0v) is 23.9. The summed E-state index contributed by atoms with van der Waals surface area (Å²) in [5.41, 5.74) is 8.06. The van der Waals surface area contributed by atoms with Crippen LogP contribution in [0.2, 0.25) is 0 Å². The molecule has 0 fully saturated rings. The second kappa shape index (κ2) is 9.97. The Bertz CT molecular complexity index is 2330. The van der Waals surface area contributed by atoms with Crippen molar-refractivity contribution in [1.29, 1.82) is 0 Å². The van der Waals surface area contributed by atoms with E-state index >= 15 is 0 Å². The maximum absolute atomic E-state index is 5.37. The number of nitrogens with one attached hydrogen (secondary N) is 2. The molecule has 0 aliphatic carbocycles. The molecule has 0 radical (unpaired) electrons. The number of aliphatic imine (C=N–C) groups is 1. The van der Waals surface area contributed by atoms with Crippen LogP contribution in [0.15, 0.2) is 157 Å². The Hall–Kier alpha value is -5.65. The van der Waals surface area contributed by atoms with Gasteiger partial charge in [0.15, 0.2) is 6.29 Å². The summed E-state index contributed by atoms with van der Waals surface area (Å²) < 4.78 is 4.79. The van der Waals surface area contributed by atoms with Gasteiger partial charge >= 0.3 is 0 Å². The Kier molecular flexibility index (Phi) is 5.64. The molecule has 2 aromatic heterocycles. The molecule has 44 heavy (non-hydrogen) atoms. The van der Waals surface area contributed by atoms with Crippen molar-refractivity contribution in [3.05, 3.63) is 163 Å². The standard InChI is InChI=1S/C39H29N5/c1-4-14-26(15-5-1)37-40-38(27-16-6-2-7-17-27)42-39(41-37)44-32-22-12-10-20-29(32)30-24-25-34-35(36(30)44)31-21-11-13-23-33(31)43(34)28-18-8-3-9-19-28/h1-25,37,39,41H,(H,40,42). The molecule has 0 spiro atoms. The van der Waals surface area contributed by atoms with Gasteiger partial charge in [-0.2, -0.15) is 0 Å². The minimum absolute atomic E-state index is 0.130. The van der Waals surface area contributed by atoms with Crippen molar-refractivity contribution in [3.63, 3.8) is 0 Å². The lowest BCUT2D eigenvalue weighted by Crippen LogP contribution is -2.46. The number of rotatable bonds is 4. The molecule has 0 bridgehead atoms. The minimum atomic E-state index is -0.358. The van der Waals surface area contributed by atoms with E-state index in [1.165, 1.54) is 38.1 Å². The van der Waals surface area contributed by atoms with Crippen LogP contribution in [0.25, 0.3) is 49.3 Å². The molecule has 5 nitrogen and oxygen atoms in total. The molecule has 2 atom stereocenters. The minimum Gasteiger partial charge on any atom is -0.350 e. The van der Waals surface area contributed by atoms with Crippen LogP contribution in [-0.2, 0) is 0 Å². The summed E-state index contributed by atoms with van der Waals surface area (Å²) >= 11 is 0. The smallest absolute Gasteiger partial charge is 0.184 e. The summed E-state index contributed by atoms with van der Waals surface area (Å²) in [5, 5.41) is 12.4. The average molecular weight is 568 g/mol. The quantitative estimate of drug-likeness (QED) is 0.223. The highest BCUT2D eigenvalue weighted by Gasteiger charge is 2.29. The van der Waals surface area contributed by atoms with Crippen LogP contribution in [0.4, 0.5) is 0 Å². The highest BCUT2D eigenvalue weighted by atomic mass is 15.4. The molecule has 0 amide bonds. The molecular weight excluding hydrogens is 538 g/mol. The average Bonchev–Trinajstić information content (AvgIpc) is 3.62. The molecule has 3 heterocycles. The van der Waals surface area contributed by atoms with Gasteiger partial charge in [0.1, 0.15) is 12.0 Å². The molecule has 0 saturated carbocycles. The van der Waals surface area contributed by atoms with Gasteiger partial charge in [-0.15, -0.1) is 0 Å². The zero-order chi connectivity index (χ0) is 29.0. The predicted molar refractivity (Wildman–Crippen MR) is 181 cm³/mol. The first-order valence-corrected chi connectivity index (χ1v) is 15.1. The van der Waals surface area contributed by atoms with Crippen molar-refractivity contribution in [3.8, 4) is 5.69 Å². The first-order valence-electron chi connectivity index (χ1n) is 15.1. The van der Waals surface area contributed by atoms with Crippen LogP contribution in [-0.4, -0.2) is 15.0 Å². The Morgan fingerprint density at radius 2 is 1.16 bits per heavy atom. The highest BCUT2D eigenvalue weighted by molar-refractivity contribution is 6.25. The van der Waals surface area contributed by atoms with Crippen molar-refractivity contribution in [2.75, 3.05) is 0 Å². The summed E-state index contributed by atoms with van der Waals surface area (Å²) in [6.07, 6.45) is -0.488. The van der Waals surface area contributed by atoms with E-state index in [0.717, 1.165) is 28.2 Å². The first-order chi connectivity index (χ1) is 21.8. The Morgan fingerprint density at radius 3 is 1.93 bits per heavy atom. The maximum atomic E-state index is 5.37. The second-order valence-electron chi connectivity index (χ2n) is 11.3. The SMILES string of the molecule is c1ccc(C2=NC(n3c4ccccc4c4ccc5c(c6ccccc6n5-c5ccccc5)c43)NC(c3ccccc3)N2)cc1. The number of aromatic nitrogens is 2. The summed E-state index contributed by atoms with van der Waals surface area (Å²) in [5.74, 6) is 0.869. The lowest BCUT2D eigenvalue weighted by atomic mass is 10.1. The van der Waals surface area contributed by atoms with Gasteiger partial charge in [0.2, 0.25) is 0 Å². The molecule has 1 aliphatic rings. The van der Waals surface area contributed by atoms with Gasteiger partial charge in [0, 0.05) is 32.8 Å². The van der Waals surface area contributed by atoms with Crippen LogP contribution in [0.3, 0.4) is 0 Å². The van der Waals surface area contributed by atoms with Crippen molar-refractivity contribution >= 4 is 49.4 Å². The number of benzene rings is 6. The fourth-order valence-corrected chi connectivity index (χ4v) is 6.89. The van der Waals surface area contributed by atoms with E-state index in [4.69, 9.17) is 4.99 Å². The molecule has 6 aromatic carbocycles. The monoisotopic (exact) mass is 567 g/mol. The van der Waals surface area contributed by atoms with Gasteiger partial charge < -0.3 is 14.5 Å². The van der Waals surface area contributed by atoms with Gasteiger partial charge in [0.25, 0.3) is 0 Å². The second-order valence-corrected chi connectivity index (χ2v) is 11.3. The van der Waals surface area contributed by atoms with Gasteiger partial charge in [-0.1, -0.05) is 121 Å². The van der Waals surface area contributed by atoms with Gasteiger partial charge in [0.05, 0.1) is 22.1 Å². The number of hydrogen-bond acceptors (Lipinski definition) is 3. The van der Waals surface area contributed by atoms with Crippen molar-refractivity contribution in [2.45, 2.75) is 12.5 Å². The van der Waals surface area contributed by atoms with Crippen LogP contribution in [0, 0.1) is 0 Å². The van der Waals surface area contributed by atoms with E-state index in [1.807, 2.05) is 6.07 Å². The lowest BCUT2D eigenvalue weighted by Gasteiger charge is -2.33. The maximum Gasteiger partial charge on any atom is 0.184 e. The lowest BCUT2D eigenvalue weighted by molar-refractivity contribution is 0.341. The molecule has 9 rings (SSSR count). The number of nitrogens with zero attached hydrogens (tertiary/aromatic N) is 3. The van der Waals surface area contributed by atoms with E-state index in [-0.39, 0.29) is 12.5 Å². The summed E-state index contributed by atoms with van der Waals surface area (Å²) in [6, 6.07) is 53.6. The topological polar surface area (TPSA) is 46.3 Å². The van der Waals surface area contributed by atoms with Crippen molar-refractivity contribution in [1.82, 2.24) is 19.8 Å². The van der Waals surface area contributed by atoms with E-state index in [9.17, 15) is 0 Å². The summed E-state index contributed by atoms with van der Waals surface area (Å²) in [7, 11) is 0. The van der Waals surface area contributed by atoms with E-state index in [1.54, 1.807) is 0 Å². The fraction of sp³-hybridized carbons (Fsp3) is 0.0513. The zero-order valence-electron chi connectivity index (χ0n) is 23.9. The Morgan fingerprint density at radius 1 is 0.523 bits per heavy atom. The van der Waals surface area contributed by atoms with Gasteiger partial charge in [-0.25, -0.2) is 4.99 Å². The first kappa shape index (κ1) is 24.9. The predicted octanol–water partition coefficient (Wildman–Crippen LogP) is 8.69. The number of hydrogen-bond donors (Lipinski definition) is 2. The van der Waals surface area contributed by atoms with Crippen LogP contribution in [0.1, 0.15) is 23.6 Å². The third kappa shape index (κ3) is 3.80. The molecule has 2 unspecified atom stereocenters.